The van der Waals surface area contributed by atoms with E-state index in [2.05, 4.69) is 5.10 Å². The van der Waals surface area contributed by atoms with E-state index in [-0.39, 0.29) is 42.8 Å². The molecule has 2 aromatic rings. The van der Waals surface area contributed by atoms with E-state index in [1.165, 1.54) is 7.11 Å². The molecule has 0 unspecified atom stereocenters. The quantitative estimate of drug-likeness (QED) is 0.650. The smallest absolute Gasteiger partial charge is 0.435 e. The Hall–Kier alpha value is -3.12. The largest absolute Gasteiger partial charge is 0.497 e. The molecule has 0 N–H and O–H groups in total. The third-order valence-corrected chi connectivity index (χ3v) is 6.82. The van der Waals surface area contributed by atoms with Crippen LogP contribution in [0.5, 0.6) is 5.75 Å². The number of aromatic nitrogens is 2. The topological polar surface area (TPSA) is 80.1 Å². The van der Waals surface area contributed by atoms with Gasteiger partial charge in [0.05, 0.1) is 25.9 Å². The third-order valence-electron chi connectivity index (χ3n) is 6.82. The average molecular weight is 493 g/mol. The molecule has 2 fully saturated rings. The minimum absolute atomic E-state index is 0.0421. The van der Waals surface area contributed by atoms with Gasteiger partial charge in [-0.2, -0.15) is 18.3 Å². The van der Waals surface area contributed by atoms with Crippen LogP contribution in [-0.2, 0) is 22.1 Å². The van der Waals surface area contributed by atoms with Gasteiger partial charge in [0, 0.05) is 31.2 Å². The van der Waals surface area contributed by atoms with Crippen LogP contribution in [0.1, 0.15) is 34.6 Å². The Kier molecular flexibility index (Phi) is 6.18. The average Bonchev–Trinajstić information content (AvgIpc) is 3.26. The molecule has 3 aliphatic rings. The maximum absolute atomic E-state index is 13.8. The fraction of sp³-hybridized carbons (Fsp3) is 0.522. The third kappa shape index (κ3) is 4.36. The van der Waals surface area contributed by atoms with Crippen molar-refractivity contribution in [2.45, 2.75) is 31.5 Å². The normalized spacial score (nSPS) is 20.3. The lowest BCUT2D eigenvalue weighted by molar-refractivity contribution is -0.168. The standard InChI is InChI=1S/C23H26F3N5O4/c1-34-17-4-2-16(3-5-17)31-20-18(21(27-31)23(24,25)26)8-11-29(22(20)33)15-6-9-28(10-7-15)30-12-13-35-14-19(30)32/h2-5,15H,6-14H2,1H3. The predicted octanol–water partition coefficient (Wildman–Crippen LogP) is 2.14. The summed E-state index contributed by atoms with van der Waals surface area (Å²) in [6.07, 6.45) is -3.35. The van der Waals surface area contributed by atoms with E-state index in [0.29, 0.717) is 50.5 Å². The van der Waals surface area contributed by atoms with Gasteiger partial charge in [0.25, 0.3) is 11.8 Å². The lowest BCUT2D eigenvalue weighted by Crippen LogP contribution is -2.57. The summed E-state index contributed by atoms with van der Waals surface area (Å²) >= 11 is 0. The van der Waals surface area contributed by atoms with Crippen molar-refractivity contribution >= 4 is 11.8 Å². The molecule has 0 saturated carbocycles. The van der Waals surface area contributed by atoms with Gasteiger partial charge in [-0.05, 0) is 43.5 Å². The van der Waals surface area contributed by atoms with Crippen molar-refractivity contribution in [3.63, 3.8) is 0 Å². The fourth-order valence-corrected chi connectivity index (χ4v) is 5.08. The Balaban J connectivity index is 1.40. The molecule has 0 spiro atoms. The summed E-state index contributed by atoms with van der Waals surface area (Å²) in [5.41, 5.74) is -0.768. The minimum Gasteiger partial charge on any atom is -0.497 e. The van der Waals surface area contributed by atoms with Gasteiger partial charge in [-0.3, -0.25) is 14.6 Å². The van der Waals surface area contributed by atoms with Crippen LogP contribution < -0.4 is 4.74 Å². The van der Waals surface area contributed by atoms with Crippen molar-refractivity contribution in [1.82, 2.24) is 24.7 Å². The fourth-order valence-electron chi connectivity index (χ4n) is 5.08. The Bertz CT molecular complexity index is 1110. The summed E-state index contributed by atoms with van der Waals surface area (Å²) in [5, 5.41) is 7.51. The zero-order valence-corrected chi connectivity index (χ0v) is 19.3. The van der Waals surface area contributed by atoms with Gasteiger partial charge in [-0.1, -0.05) is 0 Å². The van der Waals surface area contributed by atoms with Crippen LogP contribution in [0.4, 0.5) is 13.2 Å². The number of methoxy groups -OCH3 is 1. The number of piperidine rings is 1. The second kappa shape index (κ2) is 9.15. The molecule has 1 aromatic carbocycles. The molecule has 35 heavy (non-hydrogen) atoms. The van der Waals surface area contributed by atoms with E-state index < -0.39 is 17.8 Å². The number of carbonyl (C=O) groups is 2. The monoisotopic (exact) mass is 493 g/mol. The number of hydrazine groups is 1. The molecule has 3 aliphatic heterocycles. The second-order valence-corrected chi connectivity index (χ2v) is 8.79. The molecular formula is C23H26F3N5O4. The predicted molar refractivity (Wildman–Crippen MR) is 117 cm³/mol. The Labute approximate surface area is 199 Å². The Morgan fingerprint density at radius 2 is 1.77 bits per heavy atom. The van der Waals surface area contributed by atoms with Gasteiger partial charge < -0.3 is 14.4 Å². The molecular weight excluding hydrogens is 467 g/mol. The number of ether oxygens (including phenoxy) is 2. The number of carbonyl (C=O) groups excluding carboxylic acids is 2. The van der Waals surface area contributed by atoms with Crippen LogP contribution in [0.25, 0.3) is 5.69 Å². The van der Waals surface area contributed by atoms with Gasteiger partial charge in [-0.25, -0.2) is 9.69 Å². The van der Waals surface area contributed by atoms with E-state index >= 15 is 0 Å². The number of alkyl halides is 3. The highest BCUT2D eigenvalue weighted by Crippen LogP contribution is 2.37. The zero-order valence-electron chi connectivity index (χ0n) is 19.3. The number of amides is 2. The number of morpholine rings is 1. The highest BCUT2D eigenvalue weighted by molar-refractivity contribution is 5.96. The van der Waals surface area contributed by atoms with Crippen molar-refractivity contribution < 1.29 is 32.2 Å². The summed E-state index contributed by atoms with van der Waals surface area (Å²) in [4.78, 5) is 27.4. The molecule has 0 radical (unpaired) electrons. The van der Waals surface area contributed by atoms with E-state index in [9.17, 15) is 22.8 Å². The summed E-state index contributed by atoms with van der Waals surface area (Å²) < 4.78 is 52.8. The number of halogens is 3. The van der Waals surface area contributed by atoms with Crippen molar-refractivity contribution in [1.29, 1.82) is 0 Å². The summed E-state index contributed by atoms with van der Waals surface area (Å²) in [7, 11) is 1.49. The van der Waals surface area contributed by atoms with Crippen LogP contribution >= 0.6 is 0 Å². The number of hydrogen-bond donors (Lipinski definition) is 0. The zero-order chi connectivity index (χ0) is 24.7. The maximum Gasteiger partial charge on any atom is 0.435 e. The first-order valence-electron chi connectivity index (χ1n) is 11.6. The van der Waals surface area contributed by atoms with Gasteiger partial charge >= 0.3 is 6.18 Å². The van der Waals surface area contributed by atoms with E-state index in [0.717, 1.165) is 4.68 Å². The van der Waals surface area contributed by atoms with Crippen molar-refractivity contribution in [3.05, 3.63) is 41.2 Å². The molecule has 5 rings (SSSR count). The second-order valence-electron chi connectivity index (χ2n) is 8.79. The minimum atomic E-state index is -4.67. The molecule has 12 heteroatoms. The van der Waals surface area contributed by atoms with Gasteiger partial charge in [0.1, 0.15) is 18.1 Å². The number of fused-ring (bicyclic) bond motifs is 1. The SMILES string of the molecule is COc1ccc(-n2nc(C(F)(F)F)c3c2C(=O)N(C2CCN(N4CCOCC4=O)CC2)CC3)cc1. The van der Waals surface area contributed by atoms with Gasteiger partial charge in [0.15, 0.2) is 5.69 Å². The number of benzene rings is 1. The molecule has 0 bridgehead atoms. The highest BCUT2D eigenvalue weighted by Gasteiger charge is 2.44. The van der Waals surface area contributed by atoms with Crippen LogP contribution in [-0.4, -0.2) is 89.1 Å². The molecule has 2 amide bonds. The molecule has 4 heterocycles. The van der Waals surface area contributed by atoms with Gasteiger partial charge in [0.2, 0.25) is 0 Å². The lowest BCUT2D eigenvalue weighted by Gasteiger charge is -2.44. The maximum atomic E-state index is 13.8. The molecule has 0 atom stereocenters. The number of hydrogen-bond acceptors (Lipinski definition) is 6. The van der Waals surface area contributed by atoms with Crippen LogP contribution in [0.2, 0.25) is 0 Å². The van der Waals surface area contributed by atoms with Crippen molar-refractivity contribution in [2.75, 3.05) is 46.5 Å². The molecule has 9 nitrogen and oxygen atoms in total. The lowest BCUT2D eigenvalue weighted by atomic mass is 9.97. The molecule has 188 valence electrons. The Morgan fingerprint density at radius 1 is 1.06 bits per heavy atom. The highest BCUT2D eigenvalue weighted by atomic mass is 19.4. The summed E-state index contributed by atoms with van der Waals surface area (Å²) in [6, 6.07) is 6.26. The van der Waals surface area contributed by atoms with Crippen LogP contribution in [0, 0.1) is 0 Å². The first-order valence-corrected chi connectivity index (χ1v) is 11.6. The Morgan fingerprint density at radius 3 is 2.40 bits per heavy atom. The van der Waals surface area contributed by atoms with Crippen molar-refractivity contribution in [2.24, 2.45) is 0 Å². The van der Waals surface area contributed by atoms with Crippen LogP contribution in [0.3, 0.4) is 0 Å². The van der Waals surface area contributed by atoms with Gasteiger partial charge in [-0.15, -0.1) is 0 Å². The van der Waals surface area contributed by atoms with Crippen molar-refractivity contribution in [3.8, 4) is 11.4 Å². The summed E-state index contributed by atoms with van der Waals surface area (Å²) in [6.45, 7) is 2.40. The first-order chi connectivity index (χ1) is 16.8. The molecule has 2 saturated heterocycles. The van der Waals surface area contributed by atoms with E-state index in [1.807, 2.05) is 5.01 Å². The number of rotatable bonds is 4. The molecule has 1 aromatic heterocycles. The van der Waals surface area contributed by atoms with E-state index in [4.69, 9.17) is 9.47 Å². The first kappa shape index (κ1) is 23.6. The number of nitrogens with zero attached hydrogens (tertiary/aromatic N) is 5. The van der Waals surface area contributed by atoms with E-state index in [1.54, 1.807) is 34.2 Å². The molecule has 0 aliphatic carbocycles. The summed E-state index contributed by atoms with van der Waals surface area (Å²) in [5.74, 6) is 0.00621. The van der Waals surface area contributed by atoms with Crippen LogP contribution in [0.15, 0.2) is 24.3 Å².